The van der Waals surface area contributed by atoms with Gasteiger partial charge in [-0.3, -0.25) is 0 Å². The molecule has 0 spiro atoms. The molecule has 1 aliphatic carbocycles. The summed E-state index contributed by atoms with van der Waals surface area (Å²) in [7, 11) is 0. The van der Waals surface area contributed by atoms with Gasteiger partial charge in [-0.15, -0.1) is 0 Å². The summed E-state index contributed by atoms with van der Waals surface area (Å²) in [5.41, 5.74) is 1.11. The molecule has 0 radical (unpaired) electrons. The second-order valence-corrected chi connectivity index (χ2v) is 5.84. The number of anilines is 1. The predicted octanol–water partition coefficient (Wildman–Crippen LogP) is 3.84. The molecule has 1 N–H and O–H groups in total. The van der Waals surface area contributed by atoms with Crippen molar-refractivity contribution in [2.45, 2.75) is 59.4 Å². The normalized spacial score (nSPS) is 24.2. The van der Waals surface area contributed by atoms with Crippen molar-refractivity contribution >= 4 is 5.95 Å². The molecule has 1 aromatic rings. The van der Waals surface area contributed by atoms with E-state index >= 15 is 0 Å². The quantitative estimate of drug-likeness (QED) is 0.859. The van der Waals surface area contributed by atoms with Gasteiger partial charge in [0.15, 0.2) is 0 Å². The summed E-state index contributed by atoms with van der Waals surface area (Å²) in [6.45, 7) is 8.63. The van der Waals surface area contributed by atoms with Gasteiger partial charge in [0, 0.05) is 19.3 Å². The van der Waals surface area contributed by atoms with Crippen molar-refractivity contribution in [1.82, 2.24) is 9.55 Å². The molecule has 0 aliphatic heterocycles. The SMILES string of the molecule is CCNc1nc(C)cn1CCC1CCC(C)CC1. The molecule has 0 aromatic carbocycles. The third-order valence-electron chi connectivity index (χ3n) is 4.15. The molecule has 18 heavy (non-hydrogen) atoms. The van der Waals surface area contributed by atoms with E-state index in [2.05, 4.69) is 41.8 Å². The lowest BCUT2D eigenvalue weighted by molar-refractivity contribution is 0.269. The maximum absolute atomic E-state index is 4.53. The first-order valence-corrected chi connectivity index (χ1v) is 7.46. The average Bonchev–Trinajstić information content (AvgIpc) is 2.70. The second kappa shape index (κ2) is 6.26. The zero-order valence-corrected chi connectivity index (χ0v) is 12.1. The Labute approximate surface area is 111 Å². The molecule has 1 aromatic heterocycles. The number of aromatic nitrogens is 2. The van der Waals surface area contributed by atoms with Gasteiger partial charge in [-0.1, -0.05) is 32.6 Å². The number of imidazole rings is 1. The van der Waals surface area contributed by atoms with Crippen LogP contribution in [0, 0.1) is 18.8 Å². The van der Waals surface area contributed by atoms with Gasteiger partial charge in [-0.25, -0.2) is 4.98 Å². The highest BCUT2D eigenvalue weighted by atomic mass is 15.2. The van der Waals surface area contributed by atoms with Crippen LogP contribution < -0.4 is 5.32 Å². The Balaban J connectivity index is 1.85. The summed E-state index contributed by atoms with van der Waals surface area (Å²) in [6.07, 6.45) is 9.17. The van der Waals surface area contributed by atoms with Gasteiger partial charge in [-0.2, -0.15) is 0 Å². The van der Waals surface area contributed by atoms with Crippen LogP contribution in [0.5, 0.6) is 0 Å². The van der Waals surface area contributed by atoms with Gasteiger partial charge < -0.3 is 9.88 Å². The van der Waals surface area contributed by atoms with Gasteiger partial charge in [0.1, 0.15) is 0 Å². The summed E-state index contributed by atoms with van der Waals surface area (Å²) in [4.78, 5) is 4.53. The molecule has 102 valence electrons. The van der Waals surface area contributed by atoms with Gasteiger partial charge in [-0.05, 0) is 32.1 Å². The minimum absolute atomic E-state index is 0.929. The smallest absolute Gasteiger partial charge is 0.203 e. The van der Waals surface area contributed by atoms with E-state index in [1.165, 1.54) is 32.1 Å². The molecule has 1 aliphatic rings. The highest BCUT2D eigenvalue weighted by Crippen LogP contribution is 2.30. The molecule has 1 heterocycles. The first kappa shape index (κ1) is 13.4. The lowest BCUT2D eigenvalue weighted by atomic mass is 9.81. The molecule has 1 fully saturated rings. The van der Waals surface area contributed by atoms with Crippen molar-refractivity contribution in [2.75, 3.05) is 11.9 Å². The van der Waals surface area contributed by atoms with Crippen LogP contribution in [0.1, 0.15) is 51.6 Å². The largest absolute Gasteiger partial charge is 0.356 e. The zero-order valence-electron chi connectivity index (χ0n) is 12.1. The zero-order chi connectivity index (χ0) is 13.0. The van der Waals surface area contributed by atoms with Crippen molar-refractivity contribution in [2.24, 2.45) is 11.8 Å². The standard InChI is InChI=1S/C15H27N3/c1-4-16-15-17-13(3)11-18(15)10-9-14-7-5-12(2)6-8-14/h11-12,14H,4-10H2,1-3H3,(H,16,17). The number of rotatable bonds is 5. The molecule has 0 saturated heterocycles. The Hall–Kier alpha value is -0.990. The highest BCUT2D eigenvalue weighted by Gasteiger charge is 2.18. The molecular weight excluding hydrogens is 222 g/mol. The van der Waals surface area contributed by atoms with Crippen molar-refractivity contribution in [3.05, 3.63) is 11.9 Å². The molecule has 1 saturated carbocycles. The molecule has 3 heteroatoms. The number of hydrogen-bond donors (Lipinski definition) is 1. The summed E-state index contributed by atoms with van der Waals surface area (Å²) in [5, 5.41) is 3.34. The first-order chi connectivity index (χ1) is 8.69. The van der Waals surface area contributed by atoms with Crippen molar-refractivity contribution in [3.8, 4) is 0 Å². The van der Waals surface area contributed by atoms with Crippen LogP contribution in [0.3, 0.4) is 0 Å². The lowest BCUT2D eigenvalue weighted by Gasteiger charge is -2.26. The number of nitrogens with one attached hydrogen (secondary N) is 1. The third-order valence-corrected chi connectivity index (χ3v) is 4.15. The fraction of sp³-hybridized carbons (Fsp3) is 0.800. The van der Waals surface area contributed by atoms with Gasteiger partial charge >= 0.3 is 0 Å². The summed E-state index contributed by atoms with van der Waals surface area (Å²) in [6, 6.07) is 0. The highest BCUT2D eigenvalue weighted by molar-refractivity contribution is 5.28. The molecule has 0 unspecified atom stereocenters. The van der Waals surface area contributed by atoms with Gasteiger partial charge in [0.2, 0.25) is 5.95 Å². The van der Waals surface area contributed by atoms with E-state index in [0.717, 1.165) is 36.6 Å². The average molecular weight is 249 g/mol. The fourth-order valence-electron chi connectivity index (χ4n) is 2.96. The Morgan fingerprint density at radius 3 is 2.72 bits per heavy atom. The predicted molar refractivity (Wildman–Crippen MR) is 76.9 cm³/mol. The molecule has 3 nitrogen and oxygen atoms in total. The summed E-state index contributed by atoms with van der Waals surface area (Å²) in [5.74, 6) is 2.92. The minimum atomic E-state index is 0.929. The van der Waals surface area contributed by atoms with Crippen molar-refractivity contribution < 1.29 is 0 Å². The van der Waals surface area contributed by atoms with Gasteiger partial charge in [0.25, 0.3) is 0 Å². The van der Waals surface area contributed by atoms with Crippen molar-refractivity contribution in [1.29, 1.82) is 0 Å². The number of aryl methyl sites for hydroxylation is 2. The Bertz CT molecular complexity index is 362. The van der Waals surface area contributed by atoms with Gasteiger partial charge in [0.05, 0.1) is 5.69 Å². The van der Waals surface area contributed by atoms with Crippen LogP contribution in [-0.2, 0) is 6.54 Å². The van der Waals surface area contributed by atoms with E-state index in [0.29, 0.717) is 0 Å². The van der Waals surface area contributed by atoms with Crippen LogP contribution in [0.25, 0.3) is 0 Å². The third kappa shape index (κ3) is 3.50. The summed E-state index contributed by atoms with van der Waals surface area (Å²) >= 11 is 0. The fourth-order valence-corrected chi connectivity index (χ4v) is 2.96. The lowest BCUT2D eigenvalue weighted by Crippen LogP contribution is -2.15. The maximum atomic E-state index is 4.53. The number of hydrogen-bond acceptors (Lipinski definition) is 2. The van der Waals surface area contributed by atoms with E-state index in [1.807, 2.05) is 0 Å². The van der Waals surface area contributed by atoms with E-state index in [-0.39, 0.29) is 0 Å². The first-order valence-electron chi connectivity index (χ1n) is 7.46. The molecule has 0 amide bonds. The van der Waals surface area contributed by atoms with E-state index in [9.17, 15) is 0 Å². The van der Waals surface area contributed by atoms with E-state index < -0.39 is 0 Å². The monoisotopic (exact) mass is 249 g/mol. The van der Waals surface area contributed by atoms with Crippen LogP contribution in [-0.4, -0.2) is 16.1 Å². The molecular formula is C15H27N3. The topological polar surface area (TPSA) is 29.9 Å². The molecule has 0 bridgehead atoms. The van der Waals surface area contributed by atoms with Crippen LogP contribution in [0.2, 0.25) is 0 Å². The summed E-state index contributed by atoms with van der Waals surface area (Å²) < 4.78 is 2.29. The Morgan fingerprint density at radius 2 is 2.06 bits per heavy atom. The molecule has 2 rings (SSSR count). The van der Waals surface area contributed by atoms with E-state index in [4.69, 9.17) is 0 Å². The Morgan fingerprint density at radius 1 is 1.33 bits per heavy atom. The number of nitrogens with zero attached hydrogens (tertiary/aromatic N) is 2. The van der Waals surface area contributed by atoms with Crippen LogP contribution >= 0.6 is 0 Å². The van der Waals surface area contributed by atoms with Crippen molar-refractivity contribution in [3.63, 3.8) is 0 Å². The second-order valence-electron chi connectivity index (χ2n) is 5.84. The maximum Gasteiger partial charge on any atom is 0.203 e. The minimum Gasteiger partial charge on any atom is -0.356 e. The van der Waals surface area contributed by atoms with Crippen LogP contribution in [0.4, 0.5) is 5.95 Å². The molecule has 0 atom stereocenters. The Kier molecular flexibility index (Phi) is 4.67. The van der Waals surface area contributed by atoms with Crippen LogP contribution in [0.15, 0.2) is 6.20 Å². The van der Waals surface area contributed by atoms with E-state index in [1.54, 1.807) is 0 Å².